The molecule has 0 aromatic rings. The summed E-state index contributed by atoms with van der Waals surface area (Å²) in [5.41, 5.74) is 1.16. The lowest BCUT2D eigenvalue weighted by Crippen LogP contribution is -2.46. The summed E-state index contributed by atoms with van der Waals surface area (Å²) < 4.78 is 0. The van der Waals surface area contributed by atoms with E-state index in [2.05, 4.69) is 20.8 Å². The van der Waals surface area contributed by atoms with Crippen molar-refractivity contribution in [3.8, 4) is 0 Å². The Bertz CT molecular complexity index is 492. The van der Waals surface area contributed by atoms with Crippen molar-refractivity contribution in [3.05, 3.63) is 0 Å². The van der Waals surface area contributed by atoms with Crippen LogP contribution in [0.1, 0.15) is 65.7 Å². The molecule has 0 saturated heterocycles. The molecule has 1 nitrogen and oxygen atoms in total. The lowest BCUT2D eigenvalue weighted by Gasteiger charge is -2.53. The second-order valence-electron chi connectivity index (χ2n) is 10.2. The van der Waals surface area contributed by atoms with Crippen LogP contribution in [-0.4, -0.2) is 5.71 Å². The Balaban J connectivity index is 1.16. The number of fused-ring (bicyclic) bond motifs is 6. The van der Waals surface area contributed by atoms with Gasteiger partial charge in [0, 0.05) is 11.6 Å². The summed E-state index contributed by atoms with van der Waals surface area (Å²) in [6.45, 7) is 7.30. The van der Waals surface area contributed by atoms with Crippen molar-refractivity contribution in [2.75, 3.05) is 0 Å². The maximum Gasteiger partial charge on any atom is 0.0157 e. The van der Waals surface area contributed by atoms with Crippen LogP contribution in [0.5, 0.6) is 0 Å². The first kappa shape index (κ1) is 15.0. The molecule has 5 saturated carbocycles. The molecule has 5 fully saturated rings. The zero-order valence-electron chi connectivity index (χ0n) is 15.3. The lowest BCUT2D eigenvalue weighted by molar-refractivity contribution is -0.0325. The molecular formula is C22H35N. The first-order valence-electron chi connectivity index (χ1n) is 10.7. The van der Waals surface area contributed by atoms with Crippen molar-refractivity contribution < 1.29 is 0 Å². The zero-order chi connectivity index (χ0) is 15.9. The fourth-order valence-electron chi connectivity index (χ4n) is 7.80. The van der Waals surface area contributed by atoms with Crippen molar-refractivity contribution in [2.24, 2.45) is 65.1 Å². The van der Waals surface area contributed by atoms with Crippen LogP contribution in [0.4, 0.5) is 0 Å². The molecule has 0 spiro atoms. The average Bonchev–Trinajstić information content (AvgIpc) is 2.85. The van der Waals surface area contributed by atoms with E-state index in [1.165, 1.54) is 44.9 Å². The molecule has 1 heteroatoms. The smallest absolute Gasteiger partial charge is 0.0157 e. The predicted octanol–water partition coefficient (Wildman–Crippen LogP) is 5.64. The number of nitrogens with one attached hydrogen (secondary N) is 1. The van der Waals surface area contributed by atoms with Crippen LogP contribution in [0, 0.1) is 70.5 Å². The van der Waals surface area contributed by atoms with E-state index in [1.807, 2.05) is 0 Å². The number of rotatable bonds is 6. The number of hydrogen-bond acceptors (Lipinski definition) is 1. The molecule has 0 aliphatic heterocycles. The maximum atomic E-state index is 8.91. The maximum absolute atomic E-state index is 8.91. The normalized spacial score (nSPS) is 54.5. The van der Waals surface area contributed by atoms with E-state index in [-0.39, 0.29) is 0 Å². The van der Waals surface area contributed by atoms with Gasteiger partial charge in [0.05, 0.1) is 0 Å². The van der Waals surface area contributed by atoms with Gasteiger partial charge < -0.3 is 5.41 Å². The Morgan fingerprint density at radius 3 is 2.13 bits per heavy atom. The van der Waals surface area contributed by atoms with Crippen LogP contribution < -0.4 is 0 Å². The van der Waals surface area contributed by atoms with E-state index in [0.717, 1.165) is 59.0 Å². The summed E-state index contributed by atoms with van der Waals surface area (Å²) in [6, 6.07) is 0. The molecule has 1 N–H and O–H groups in total. The Morgan fingerprint density at radius 2 is 1.65 bits per heavy atom. The van der Waals surface area contributed by atoms with Crippen molar-refractivity contribution in [1.82, 2.24) is 0 Å². The third-order valence-corrected chi connectivity index (χ3v) is 9.80. The van der Waals surface area contributed by atoms with Crippen LogP contribution in [0.15, 0.2) is 0 Å². The Hall–Kier alpha value is -0.330. The molecular weight excluding hydrogens is 278 g/mol. The molecule has 23 heavy (non-hydrogen) atoms. The van der Waals surface area contributed by atoms with E-state index in [9.17, 15) is 0 Å². The Morgan fingerprint density at radius 1 is 1.00 bits per heavy atom. The molecule has 0 aromatic carbocycles. The average molecular weight is 314 g/mol. The summed E-state index contributed by atoms with van der Waals surface area (Å²) in [5.74, 6) is 10.1. The minimum atomic E-state index is 0.535. The first-order chi connectivity index (χ1) is 11.1. The van der Waals surface area contributed by atoms with Crippen LogP contribution in [0.25, 0.3) is 0 Å². The number of hydrogen-bond donors (Lipinski definition) is 1. The molecule has 0 amide bonds. The second-order valence-corrected chi connectivity index (χ2v) is 10.2. The molecule has 0 aromatic heterocycles. The van der Waals surface area contributed by atoms with Gasteiger partial charge in [0.15, 0.2) is 0 Å². The van der Waals surface area contributed by atoms with Gasteiger partial charge >= 0.3 is 0 Å². The molecule has 2 bridgehead atoms. The molecule has 128 valence electrons. The monoisotopic (exact) mass is 313 g/mol. The van der Waals surface area contributed by atoms with Gasteiger partial charge in [-0.15, -0.1) is 0 Å². The molecule has 0 radical (unpaired) electrons. The molecule has 5 aliphatic rings. The van der Waals surface area contributed by atoms with E-state index in [1.54, 1.807) is 0 Å². The third kappa shape index (κ3) is 1.89. The van der Waals surface area contributed by atoms with Crippen LogP contribution in [-0.2, 0) is 0 Å². The highest BCUT2D eigenvalue weighted by Crippen LogP contribution is 2.71. The van der Waals surface area contributed by atoms with Crippen molar-refractivity contribution in [1.29, 1.82) is 5.41 Å². The van der Waals surface area contributed by atoms with Crippen LogP contribution in [0.2, 0.25) is 0 Å². The highest BCUT2D eigenvalue weighted by molar-refractivity contribution is 5.88. The fraction of sp³-hybridized carbons (Fsp3) is 0.955. The summed E-state index contributed by atoms with van der Waals surface area (Å²) in [4.78, 5) is 0. The molecule has 9 unspecified atom stereocenters. The summed E-state index contributed by atoms with van der Waals surface area (Å²) in [5, 5.41) is 8.91. The molecule has 0 heterocycles. The summed E-state index contributed by atoms with van der Waals surface area (Å²) in [6.07, 6.45) is 10.4. The predicted molar refractivity (Wildman–Crippen MR) is 95.5 cm³/mol. The topological polar surface area (TPSA) is 23.9 Å². The second kappa shape index (κ2) is 5.09. The van der Waals surface area contributed by atoms with Crippen LogP contribution >= 0.6 is 0 Å². The van der Waals surface area contributed by atoms with Gasteiger partial charge in [0.1, 0.15) is 0 Å². The summed E-state index contributed by atoms with van der Waals surface area (Å²) in [7, 11) is 0. The van der Waals surface area contributed by atoms with Gasteiger partial charge in [-0.2, -0.15) is 0 Å². The SMILES string of the molecule is CC(CCC1CC2CCC12)C(C)C(=N)C1C2C(C)C1C1CCC12. The van der Waals surface area contributed by atoms with Crippen molar-refractivity contribution in [3.63, 3.8) is 0 Å². The van der Waals surface area contributed by atoms with E-state index in [0.29, 0.717) is 11.8 Å². The molecule has 9 atom stereocenters. The van der Waals surface area contributed by atoms with Crippen LogP contribution in [0.3, 0.4) is 0 Å². The highest BCUT2D eigenvalue weighted by Gasteiger charge is 2.67. The van der Waals surface area contributed by atoms with Crippen molar-refractivity contribution in [2.45, 2.75) is 65.7 Å². The van der Waals surface area contributed by atoms with Gasteiger partial charge in [-0.25, -0.2) is 0 Å². The van der Waals surface area contributed by atoms with Gasteiger partial charge in [-0.1, -0.05) is 20.8 Å². The standard InChI is InChI=1S/C22H35N/c1-11(4-5-14-10-15-6-7-16(14)15)12(2)22(23)21-19-13(3)20(21)18-9-8-17(18)19/h11-21,23H,4-10H2,1-3H3. The third-order valence-electron chi connectivity index (χ3n) is 9.80. The van der Waals surface area contributed by atoms with Crippen molar-refractivity contribution >= 4 is 5.71 Å². The Labute approximate surface area is 142 Å². The van der Waals surface area contributed by atoms with E-state index < -0.39 is 0 Å². The van der Waals surface area contributed by atoms with E-state index in [4.69, 9.17) is 5.41 Å². The fourth-order valence-corrected chi connectivity index (χ4v) is 7.80. The molecule has 5 aliphatic carbocycles. The Kier molecular flexibility index (Phi) is 3.31. The van der Waals surface area contributed by atoms with Gasteiger partial charge in [0.2, 0.25) is 0 Å². The quantitative estimate of drug-likeness (QED) is 0.613. The lowest BCUT2D eigenvalue weighted by atomic mass is 9.52. The largest absolute Gasteiger partial charge is 0.309 e. The minimum Gasteiger partial charge on any atom is -0.309 e. The summed E-state index contributed by atoms with van der Waals surface area (Å²) >= 11 is 0. The molecule has 5 rings (SSSR count). The minimum absolute atomic E-state index is 0.535. The van der Waals surface area contributed by atoms with Gasteiger partial charge in [0.25, 0.3) is 0 Å². The first-order valence-corrected chi connectivity index (χ1v) is 10.7. The van der Waals surface area contributed by atoms with E-state index >= 15 is 0 Å². The van der Waals surface area contributed by atoms with Gasteiger partial charge in [-0.3, -0.25) is 0 Å². The highest BCUT2D eigenvalue weighted by atomic mass is 14.7. The van der Waals surface area contributed by atoms with Gasteiger partial charge in [-0.05, 0) is 104 Å². The zero-order valence-corrected chi connectivity index (χ0v) is 15.3.